The van der Waals surface area contributed by atoms with Gasteiger partial charge in [0.05, 0.1) is 19.3 Å². The van der Waals surface area contributed by atoms with Crippen molar-refractivity contribution in [2.24, 2.45) is 0 Å². The zero-order valence-electron chi connectivity index (χ0n) is 12.3. The van der Waals surface area contributed by atoms with Crippen molar-refractivity contribution in [2.75, 3.05) is 19.0 Å². The second kappa shape index (κ2) is 7.19. The summed E-state index contributed by atoms with van der Waals surface area (Å²) < 4.78 is 4.68. The van der Waals surface area contributed by atoms with Gasteiger partial charge in [0.25, 0.3) is 0 Å². The van der Waals surface area contributed by atoms with Crippen LogP contribution in [0, 0.1) is 13.8 Å². The number of carbonyl (C=O) groups is 3. The van der Waals surface area contributed by atoms with Crippen molar-refractivity contribution in [1.29, 1.82) is 0 Å². The Hall–Kier alpha value is -1.93. The van der Waals surface area contributed by atoms with Gasteiger partial charge >= 0.3 is 17.8 Å². The van der Waals surface area contributed by atoms with Gasteiger partial charge in [-0.1, -0.05) is 0 Å². The number of carbonyl (C=O) groups excluding carboxylic acids is 3. The lowest BCUT2D eigenvalue weighted by atomic mass is 10.1. The standard InChI is InChI=1S/C13H18N2O5S/c1-6(5-16)14-10(17)11(18)15-12-9(13(19)20-4)7(2)8(3)21-12/h6,16H,5H2,1-4H3,(H,14,17)(H,15,18)/t6-/m1/s1. The second-order valence-electron chi connectivity index (χ2n) is 4.49. The minimum atomic E-state index is -0.901. The van der Waals surface area contributed by atoms with Crippen molar-refractivity contribution in [3.05, 3.63) is 16.0 Å². The van der Waals surface area contributed by atoms with Crippen LogP contribution in [0.3, 0.4) is 0 Å². The quantitative estimate of drug-likeness (QED) is 0.557. The Labute approximate surface area is 126 Å². The molecule has 1 aromatic heterocycles. The highest BCUT2D eigenvalue weighted by molar-refractivity contribution is 7.17. The monoisotopic (exact) mass is 314 g/mol. The SMILES string of the molecule is COC(=O)c1c(NC(=O)C(=O)N[C@H](C)CO)sc(C)c1C. The third kappa shape index (κ3) is 4.02. The number of thiophene rings is 1. The van der Waals surface area contributed by atoms with Crippen LogP contribution < -0.4 is 10.6 Å². The maximum Gasteiger partial charge on any atom is 0.341 e. The van der Waals surface area contributed by atoms with Crippen LogP contribution in [0.25, 0.3) is 0 Å². The van der Waals surface area contributed by atoms with Crippen LogP contribution in [0.4, 0.5) is 5.00 Å². The van der Waals surface area contributed by atoms with Gasteiger partial charge in [-0.15, -0.1) is 11.3 Å². The number of rotatable bonds is 4. The number of amides is 2. The summed E-state index contributed by atoms with van der Waals surface area (Å²) in [5.74, 6) is -2.35. The van der Waals surface area contributed by atoms with Gasteiger partial charge in [0.2, 0.25) is 0 Å². The van der Waals surface area contributed by atoms with Crippen LogP contribution in [0.1, 0.15) is 27.7 Å². The molecule has 0 aromatic carbocycles. The van der Waals surface area contributed by atoms with Crippen molar-refractivity contribution >= 4 is 34.1 Å². The first kappa shape index (κ1) is 17.1. The summed E-state index contributed by atoms with van der Waals surface area (Å²) >= 11 is 1.19. The van der Waals surface area contributed by atoms with E-state index in [1.807, 2.05) is 0 Å². The predicted molar refractivity (Wildman–Crippen MR) is 78.5 cm³/mol. The van der Waals surface area contributed by atoms with Crippen LogP contribution in [0.5, 0.6) is 0 Å². The molecule has 0 bridgehead atoms. The summed E-state index contributed by atoms with van der Waals surface area (Å²) in [6.45, 7) is 4.83. The first-order valence-electron chi connectivity index (χ1n) is 6.22. The molecule has 3 N–H and O–H groups in total. The summed E-state index contributed by atoms with van der Waals surface area (Å²) in [6, 6.07) is -0.532. The minimum Gasteiger partial charge on any atom is -0.465 e. The molecule has 0 unspecified atom stereocenters. The van der Waals surface area contributed by atoms with Crippen LogP contribution in [-0.2, 0) is 14.3 Å². The summed E-state index contributed by atoms with van der Waals surface area (Å²) in [5.41, 5.74) is 0.947. The van der Waals surface area contributed by atoms with E-state index in [-0.39, 0.29) is 17.2 Å². The summed E-state index contributed by atoms with van der Waals surface area (Å²) in [6.07, 6.45) is 0. The van der Waals surface area contributed by atoms with Gasteiger partial charge in [0.15, 0.2) is 0 Å². The molecular formula is C13H18N2O5S. The fourth-order valence-corrected chi connectivity index (χ4v) is 2.60. The molecule has 1 rings (SSSR count). The molecule has 0 aliphatic heterocycles. The van der Waals surface area contributed by atoms with E-state index in [9.17, 15) is 14.4 Å². The maximum absolute atomic E-state index is 11.8. The van der Waals surface area contributed by atoms with Crippen LogP contribution in [0.15, 0.2) is 0 Å². The van der Waals surface area contributed by atoms with Crippen LogP contribution in [-0.4, -0.2) is 42.6 Å². The fourth-order valence-electron chi connectivity index (χ4n) is 1.56. The molecule has 21 heavy (non-hydrogen) atoms. The van der Waals surface area contributed by atoms with Crippen molar-refractivity contribution in [3.63, 3.8) is 0 Å². The first-order valence-corrected chi connectivity index (χ1v) is 7.04. The Kier molecular flexibility index (Phi) is 5.86. The molecular weight excluding hydrogens is 296 g/mol. The van der Waals surface area contributed by atoms with Crippen molar-refractivity contribution < 1.29 is 24.2 Å². The molecule has 0 saturated heterocycles. The molecule has 0 aliphatic rings. The highest BCUT2D eigenvalue weighted by atomic mass is 32.1. The molecule has 2 amide bonds. The highest BCUT2D eigenvalue weighted by Crippen LogP contribution is 2.32. The number of ether oxygens (including phenoxy) is 1. The molecule has 0 aliphatic carbocycles. The summed E-state index contributed by atoms with van der Waals surface area (Å²) in [5, 5.41) is 13.8. The molecule has 1 heterocycles. The molecule has 1 aromatic rings. The lowest BCUT2D eigenvalue weighted by molar-refractivity contribution is -0.136. The Morgan fingerprint density at radius 3 is 2.43 bits per heavy atom. The van der Waals surface area contributed by atoms with E-state index in [2.05, 4.69) is 15.4 Å². The number of hydrogen-bond donors (Lipinski definition) is 3. The van der Waals surface area contributed by atoms with Gasteiger partial charge in [0, 0.05) is 10.9 Å². The molecule has 0 spiro atoms. The van der Waals surface area contributed by atoms with E-state index in [0.717, 1.165) is 4.88 Å². The predicted octanol–water partition coefficient (Wildman–Crippen LogP) is 0.587. The van der Waals surface area contributed by atoms with Gasteiger partial charge in [-0.3, -0.25) is 9.59 Å². The normalized spacial score (nSPS) is 11.7. The molecule has 8 heteroatoms. The third-order valence-electron chi connectivity index (χ3n) is 2.86. The van der Waals surface area contributed by atoms with Crippen LogP contribution >= 0.6 is 11.3 Å². The van der Waals surface area contributed by atoms with Gasteiger partial charge in [-0.2, -0.15) is 0 Å². The largest absolute Gasteiger partial charge is 0.465 e. The summed E-state index contributed by atoms with van der Waals surface area (Å²) in [7, 11) is 1.25. The fraction of sp³-hybridized carbons (Fsp3) is 0.462. The zero-order valence-corrected chi connectivity index (χ0v) is 13.1. The minimum absolute atomic E-state index is 0.247. The van der Waals surface area contributed by atoms with Crippen molar-refractivity contribution in [3.8, 4) is 0 Å². The Balaban J connectivity index is 2.93. The van der Waals surface area contributed by atoms with E-state index >= 15 is 0 Å². The maximum atomic E-state index is 11.8. The Morgan fingerprint density at radius 1 is 1.29 bits per heavy atom. The topological polar surface area (TPSA) is 105 Å². The first-order chi connectivity index (χ1) is 9.81. The Morgan fingerprint density at radius 2 is 1.90 bits per heavy atom. The zero-order chi connectivity index (χ0) is 16.2. The van der Waals surface area contributed by atoms with E-state index < -0.39 is 23.8 Å². The van der Waals surface area contributed by atoms with E-state index in [0.29, 0.717) is 5.56 Å². The average Bonchev–Trinajstić information content (AvgIpc) is 2.72. The number of methoxy groups -OCH3 is 1. The number of aliphatic hydroxyl groups is 1. The van der Waals surface area contributed by atoms with Gasteiger partial charge in [-0.25, -0.2) is 4.79 Å². The molecule has 0 fully saturated rings. The van der Waals surface area contributed by atoms with Gasteiger partial charge in [-0.05, 0) is 26.3 Å². The lowest BCUT2D eigenvalue weighted by Crippen LogP contribution is -2.42. The van der Waals surface area contributed by atoms with E-state index in [4.69, 9.17) is 5.11 Å². The number of aryl methyl sites for hydroxylation is 1. The average molecular weight is 314 g/mol. The smallest absolute Gasteiger partial charge is 0.341 e. The number of esters is 1. The third-order valence-corrected chi connectivity index (χ3v) is 3.98. The van der Waals surface area contributed by atoms with Crippen LogP contribution in [0.2, 0.25) is 0 Å². The molecule has 0 saturated carbocycles. The van der Waals surface area contributed by atoms with Gasteiger partial charge in [0.1, 0.15) is 5.00 Å². The molecule has 116 valence electrons. The molecule has 7 nitrogen and oxygen atoms in total. The molecule has 1 atom stereocenters. The number of aliphatic hydroxyl groups excluding tert-OH is 1. The number of anilines is 1. The second-order valence-corrected chi connectivity index (χ2v) is 5.71. The molecule has 0 radical (unpaired) electrons. The van der Waals surface area contributed by atoms with Gasteiger partial charge < -0.3 is 20.5 Å². The lowest BCUT2D eigenvalue weighted by Gasteiger charge is -2.10. The van der Waals surface area contributed by atoms with Crippen molar-refractivity contribution in [1.82, 2.24) is 5.32 Å². The van der Waals surface area contributed by atoms with E-state index in [1.54, 1.807) is 20.8 Å². The number of nitrogens with one attached hydrogen (secondary N) is 2. The van der Waals surface area contributed by atoms with E-state index in [1.165, 1.54) is 18.4 Å². The Bertz CT molecular complexity index is 567. The summed E-state index contributed by atoms with van der Waals surface area (Å²) in [4.78, 5) is 36.0. The van der Waals surface area contributed by atoms with Crippen molar-refractivity contribution in [2.45, 2.75) is 26.8 Å². The number of hydrogen-bond acceptors (Lipinski definition) is 6. The highest BCUT2D eigenvalue weighted by Gasteiger charge is 2.24.